The summed E-state index contributed by atoms with van der Waals surface area (Å²) < 4.78 is 31.4. The first kappa shape index (κ1) is 15.4. The molecule has 1 aromatic carbocycles. The highest BCUT2D eigenvalue weighted by atomic mass is 19.1. The van der Waals surface area contributed by atoms with Gasteiger partial charge in [0.25, 0.3) is 0 Å². The quantitative estimate of drug-likeness (QED) is 0.858. The molecule has 1 unspecified atom stereocenters. The number of carboxylic acid groups (broad SMARTS) is 1. The van der Waals surface area contributed by atoms with Crippen LogP contribution < -0.4 is 5.32 Å². The summed E-state index contributed by atoms with van der Waals surface area (Å²) in [5.41, 5.74) is -0.905. The highest BCUT2D eigenvalue weighted by molar-refractivity contribution is 5.80. The first-order valence-electron chi connectivity index (χ1n) is 6.45. The standard InChI is InChI=1S/C14H15F2NO4/c15-10-2-1-9(11(16)6-10)5-12(18)17-14(7-13(19)20)3-4-21-8-14/h1-2,6H,3-5,7-8H2,(H,17,18)(H,19,20). The zero-order chi connectivity index (χ0) is 15.5. The molecular weight excluding hydrogens is 284 g/mol. The van der Waals surface area contributed by atoms with E-state index < -0.39 is 29.0 Å². The Morgan fingerprint density at radius 2 is 2.14 bits per heavy atom. The summed E-state index contributed by atoms with van der Waals surface area (Å²) in [6.45, 7) is 0.468. The number of ether oxygens (including phenoxy) is 1. The fraction of sp³-hybridized carbons (Fsp3) is 0.429. The molecule has 0 aromatic heterocycles. The number of carbonyl (C=O) groups excluding carboxylic acids is 1. The maximum Gasteiger partial charge on any atom is 0.305 e. The number of amides is 1. The highest BCUT2D eigenvalue weighted by Gasteiger charge is 2.38. The Labute approximate surface area is 119 Å². The third kappa shape index (κ3) is 3.98. The molecule has 0 bridgehead atoms. The van der Waals surface area contributed by atoms with E-state index in [0.717, 1.165) is 6.07 Å². The lowest BCUT2D eigenvalue weighted by Crippen LogP contribution is -2.51. The number of halogens is 2. The van der Waals surface area contributed by atoms with Gasteiger partial charge in [0.2, 0.25) is 5.91 Å². The van der Waals surface area contributed by atoms with Gasteiger partial charge in [-0.1, -0.05) is 6.07 Å². The first-order valence-corrected chi connectivity index (χ1v) is 6.45. The largest absolute Gasteiger partial charge is 0.481 e. The molecule has 114 valence electrons. The van der Waals surface area contributed by atoms with Crippen LogP contribution in [0.15, 0.2) is 18.2 Å². The third-order valence-electron chi connectivity index (χ3n) is 3.36. The first-order chi connectivity index (χ1) is 9.90. The molecule has 2 N–H and O–H groups in total. The van der Waals surface area contributed by atoms with Gasteiger partial charge < -0.3 is 15.2 Å². The van der Waals surface area contributed by atoms with E-state index in [0.29, 0.717) is 19.1 Å². The van der Waals surface area contributed by atoms with Crippen molar-refractivity contribution in [2.75, 3.05) is 13.2 Å². The summed E-state index contributed by atoms with van der Waals surface area (Å²) in [6, 6.07) is 2.96. The van der Waals surface area contributed by atoms with Crippen LogP contribution in [0.4, 0.5) is 8.78 Å². The topological polar surface area (TPSA) is 75.6 Å². The summed E-state index contributed by atoms with van der Waals surface area (Å²) >= 11 is 0. The molecular formula is C14H15F2NO4. The van der Waals surface area contributed by atoms with E-state index in [-0.39, 0.29) is 25.0 Å². The van der Waals surface area contributed by atoms with Gasteiger partial charge in [0.1, 0.15) is 11.6 Å². The summed E-state index contributed by atoms with van der Waals surface area (Å²) in [4.78, 5) is 22.9. The molecule has 1 heterocycles. The van der Waals surface area contributed by atoms with Crippen LogP contribution >= 0.6 is 0 Å². The fourth-order valence-corrected chi connectivity index (χ4v) is 2.36. The Balaban J connectivity index is 2.04. The molecule has 2 rings (SSSR count). The molecule has 1 aliphatic heterocycles. The molecule has 0 saturated carbocycles. The minimum Gasteiger partial charge on any atom is -0.481 e. The Morgan fingerprint density at radius 1 is 1.38 bits per heavy atom. The number of nitrogens with one attached hydrogen (secondary N) is 1. The monoisotopic (exact) mass is 299 g/mol. The average Bonchev–Trinajstić information content (AvgIpc) is 2.80. The molecule has 1 saturated heterocycles. The van der Waals surface area contributed by atoms with Gasteiger partial charge in [0.15, 0.2) is 0 Å². The summed E-state index contributed by atoms with van der Waals surface area (Å²) in [6.07, 6.45) is -0.158. The van der Waals surface area contributed by atoms with Crippen LogP contribution in [-0.2, 0) is 20.7 Å². The number of benzene rings is 1. The van der Waals surface area contributed by atoms with Crippen molar-refractivity contribution in [1.29, 1.82) is 0 Å². The average molecular weight is 299 g/mol. The number of hydrogen-bond donors (Lipinski definition) is 2. The number of carboxylic acids is 1. The minimum absolute atomic E-state index is 0.0540. The number of hydrogen-bond acceptors (Lipinski definition) is 3. The minimum atomic E-state index is -1.05. The number of rotatable bonds is 5. The van der Waals surface area contributed by atoms with Crippen molar-refractivity contribution < 1.29 is 28.2 Å². The number of aliphatic carboxylic acids is 1. The second-order valence-electron chi connectivity index (χ2n) is 5.11. The molecule has 0 radical (unpaired) electrons. The van der Waals surface area contributed by atoms with Crippen molar-refractivity contribution in [2.24, 2.45) is 0 Å². The smallest absolute Gasteiger partial charge is 0.305 e. The Kier molecular flexibility index (Phi) is 4.52. The van der Waals surface area contributed by atoms with Crippen LogP contribution in [0.3, 0.4) is 0 Å². The van der Waals surface area contributed by atoms with Gasteiger partial charge in [0.05, 0.1) is 25.0 Å². The van der Waals surface area contributed by atoms with Crippen LogP contribution in [0.1, 0.15) is 18.4 Å². The van der Waals surface area contributed by atoms with E-state index in [1.165, 1.54) is 6.07 Å². The van der Waals surface area contributed by atoms with E-state index in [9.17, 15) is 18.4 Å². The van der Waals surface area contributed by atoms with Crippen LogP contribution in [0.2, 0.25) is 0 Å². The third-order valence-corrected chi connectivity index (χ3v) is 3.36. The normalized spacial score (nSPS) is 21.2. The van der Waals surface area contributed by atoms with Crippen molar-refractivity contribution >= 4 is 11.9 Å². The maximum absolute atomic E-state index is 13.5. The lowest BCUT2D eigenvalue weighted by Gasteiger charge is -2.27. The van der Waals surface area contributed by atoms with Crippen molar-refractivity contribution in [3.05, 3.63) is 35.4 Å². The Morgan fingerprint density at radius 3 is 2.71 bits per heavy atom. The predicted molar refractivity (Wildman–Crippen MR) is 68.6 cm³/mol. The van der Waals surface area contributed by atoms with Gasteiger partial charge in [-0.05, 0) is 18.1 Å². The lowest BCUT2D eigenvalue weighted by molar-refractivity contribution is -0.139. The molecule has 21 heavy (non-hydrogen) atoms. The van der Waals surface area contributed by atoms with Crippen molar-refractivity contribution in [2.45, 2.75) is 24.8 Å². The van der Waals surface area contributed by atoms with Crippen molar-refractivity contribution in [1.82, 2.24) is 5.32 Å². The molecule has 1 aliphatic rings. The van der Waals surface area contributed by atoms with Crippen LogP contribution in [0.25, 0.3) is 0 Å². The van der Waals surface area contributed by atoms with Crippen molar-refractivity contribution in [3.63, 3.8) is 0 Å². The van der Waals surface area contributed by atoms with Gasteiger partial charge in [-0.15, -0.1) is 0 Å². The second-order valence-corrected chi connectivity index (χ2v) is 5.11. The highest BCUT2D eigenvalue weighted by Crippen LogP contribution is 2.23. The second kappa shape index (κ2) is 6.17. The van der Waals surface area contributed by atoms with Gasteiger partial charge in [0, 0.05) is 12.7 Å². The van der Waals surface area contributed by atoms with Gasteiger partial charge in [-0.3, -0.25) is 9.59 Å². The van der Waals surface area contributed by atoms with Gasteiger partial charge >= 0.3 is 5.97 Å². The Bertz CT molecular complexity index is 556. The molecule has 7 heteroatoms. The zero-order valence-electron chi connectivity index (χ0n) is 11.2. The molecule has 1 amide bonds. The molecule has 1 fully saturated rings. The summed E-state index contributed by atoms with van der Waals surface area (Å²) in [7, 11) is 0. The van der Waals surface area contributed by atoms with E-state index >= 15 is 0 Å². The summed E-state index contributed by atoms with van der Waals surface area (Å²) in [5.74, 6) is -3.09. The van der Waals surface area contributed by atoms with Crippen LogP contribution in [0, 0.1) is 11.6 Å². The molecule has 1 aromatic rings. The van der Waals surface area contributed by atoms with Crippen LogP contribution in [-0.4, -0.2) is 35.7 Å². The van der Waals surface area contributed by atoms with E-state index in [1.807, 2.05) is 0 Å². The van der Waals surface area contributed by atoms with E-state index in [1.54, 1.807) is 0 Å². The molecule has 0 spiro atoms. The zero-order valence-corrected chi connectivity index (χ0v) is 11.2. The molecule has 5 nitrogen and oxygen atoms in total. The van der Waals surface area contributed by atoms with Gasteiger partial charge in [-0.25, -0.2) is 8.78 Å². The number of carbonyl (C=O) groups is 2. The van der Waals surface area contributed by atoms with E-state index in [4.69, 9.17) is 9.84 Å². The molecule has 0 aliphatic carbocycles. The Hall–Kier alpha value is -2.02. The lowest BCUT2D eigenvalue weighted by atomic mass is 9.94. The maximum atomic E-state index is 13.5. The van der Waals surface area contributed by atoms with Crippen LogP contribution in [0.5, 0.6) is 0 Å². The van der Waals surface area contributed by atoms with Crippen molar-refractivity contribution in [3.8, 4) is 0 Å². The molecule has 1 atom stereocenters. The fourth-order valence-electron chi connectivity index (χ4n) is 2.36. The predicted octanol–water partition coefficient (Wildman–Crippen LogP) is 1.26. The van der Waals surface area contributed by atoms with Gasteiger partial charge in [-0.2, -0.15) is 0 Å². The SMILES string of the molecule is O=C(O)CC1(NC(=O)Cc2ccc(F)cc2F)CCOC1. The summed E-state index contributed by atoms with van der Waals surface area (Å²) in [5, 5.41) is 11.5. The van der Waals surface area contributed by atoms with E-state index in [2.05, 4.69) is 5.32 Å².